The predicted octanol–water partition coefficient (Wildman–Crippen LogP) is 3.66. The summed E-state index contributed by atoms with van der Waals surface area (Å²) in [5.74, 6) is -0.626. The number of amides is 1. The number of likely N-dealkylation sites (N-methyl/N-ethyl adjacent to an activating group) is 1. The summed E-state index contributed by atoms with van der Waals surface area (Å²) in [5.41, 5.74) is 11.0. The number of halogens is 1. The van der Waals surface area contributed by atoms with Gasteiger partial charge in [0.05, 0.1) is 23.7 Å². The number of methoxy groups -OCH3 is 1. The van der Waals surface area contributed by atoms with Crippen molar-refractivity contribution in [3.8, 4) is 0 Å². The number of anilines is 1. The Kier molecular flexibility index (Phi) is 8.02. The third-order valence-electron chi connectivity index (χ3n) is 5.99. The molecule has 186 valence electrons. The van der Waals surface area contributed by atoms with Gasteiger partial charge in [-0.1, -0.05) is 60.1 Å². The number of ether oxygens (including phenoxy) is 1. The molecule has 10 heteroatoms. The highest BCUT2D eigenvalue weighted by Crippen LogP contribution is 2.32. The molecule has 1 heterocycles. The van der Waals surface area contributed by atoms with Crippen molar-refractivity contribution in [1.82, 2.24) is 20.6 Å². The van der Waals surface area contributed by atoms with E-state index in [9.17, 15) is 9.59 Å². The molecule has 2 aromatic carbocycles. The molecule has 0 fully saturated rings. The number of rotatable bonds is 6. The maximum Gasteiger partial charge on any atom is 0.325 e. The summed E-state index contributed by atoms with van der Waals surface area (Å²) in [6, 6.07) is 18.1. The van der Waals surface area contributed by atoms with Gasteiger partial charge in [0.1, 0.15) is 6.54 Å². The molecule has 0 unspecified atom stereocenters. The molecule has 3 N–H and O–H groups in total. The van der Waals surface area contributed by atoms with Gasteiger partial charge in [0, 0.05) is 13.2 Å². The number of carbonyl (C=O) groups excluding carboxylic acids is 2. The quantitative estimate of drug-likeness (QED) is 0.256. The normalized spacial score (nSPS) is 12.4. The van der Waals surface area contributed by atoms with E-state index in [1.54, 1.807) is 0 Å². The second-order valence-corrected chi connectivity index (χ2v) is 9.16. The molecule has 0 radical (unpaired) electrons. The predicted molar refractivity (Wildman–Crippen MR) is 143 cm³/mol. The van der Waals surface area contributed by atoms with Gasteiger partial charge in [0.15, 0.2) is 10.9 Å². The SMILES string of the molecule is COC(=O)CN(C)C(=O)c1cnc(NNC(=S)NC2c3ccccc3CCc3ccccc32)c(Cl)c1. The summed E-state index contributed by atoms with van der Waals surface area (Å²) in [7, 11) is 2.76. The number of pyridine rings is 1. The Hall–Kier alpha value is -3.69. The van der Waals surface area contributed by atoms with Crippen molar-refractivity contribution >= 4 is 46.6 Å². The molecule has 0 saturated carbocycles. The second-order valence-electron chi connectivity index (χ2n) is 8.35. The minimum Gasteiger partial charge on any atom is -0.468 e. The lowest BCUT2D eigenvalue weighted by atomic mass is 9.95. The number of nitrogens with one attached hydrogen (secondary N) is 3. The van der Waals surface area contributed by atoms with Crippen molar-refractivity contribution in [2.24, 2.45) is 0 Å². The lowest BCUT2D eigenvalue weighted by Gasteiger charge is -2.24. The van der Waals surface area contributed by atoms with Gasteiger partial charge in [0.25, 0.3) is 5.91 Å². The molecule has 1 aliphatic carbocycles. The van der Waals surface area contributed by atoms with Crippen LogP contribution in [-0.4, -0.2) is 47.6 Å². The van der Waals surface area contributed by atoms with Crippen LogP contribution in [0, 0.1) is 0 Å². The van der Waals surface area contributed by atoms with Crippen LogP contribution in [0.25, 0.3) is 0 Å². The van der Waals surface area contributed by atoms with Crippen LogP contribution in [0.4, 0.5) is 5.82 Å². The molecule has 1 amide bonds. The number of nitrogens with zero attached hydrogens (tertiary/aromatic N) is 2. The monoisotopic (exact) mass is 523 g/mol. The highest BCUT2D eigenvalue weighted by Gasteiger charge is 2.24. The first-order valence-corrected chi connectivity index (χ1v) is 12.1. The number of hydrogen-bond acceptors (Lipinski definition) is 6. The third kappa shape index (κ3) is 5.75. The fourth-order valence-corrected chi connectivity index (χ4v) is 4.54. The van der Waals surface area contributed by atoms with Crippen LogP contribution in [0.15, 0.2) is 60.8 Å². The Labute approximate surface area is 220 Å². The molecule has 8 nitrogen and oxygen atoms in total. The summed E-state index contributed by atoms with van der Waals surface area (Å²) < 4.78 is 4.59. The highest BCUT2D eigenvalue weighted by molar-refractivity contribution is 7.80. The van der Waals surface area contributed by atoms with Crippen LogP contribution in [0.5, 0.6) is 0 Å². The van der Waals surface area contributed by atoms with Crippen molar-refractivity contribution in [3.05, 3.63) is 93.6 Å². The molecule has 36 heavy (non-hydrogen) atoms. The number of aromatic nitrogens is 1. The fourth-order valence-electron chi connectivity index (χ4n) is 4.16. The van der Waals surface area contributed by atoms with E-state index >= 15 is 0 Å². The average Bonchev–Trinajstić information content (AvgIpc) is 3.04. The number of hydrazine groups is 1. The summed E-state index contributed by atoms with van der Waals surface area (Å²) in [4.78, 5) is 29.4. The number of thiocarbonyl (C=S) groups is 1. The van der Waals surface area contributed by atoms with E-state index in [0.717, 1.165) is 12.8 Å². The van der Waals surface area contributed by atoms with Crippen molar-refractivity contribution < 1.29 is 14.3 Å². The Morgan fingerprint density at radius 3 is 2.31 bits per heavy atom. The molecule has 1 aliphatic rings. The van der Waals surface area contributed by atoms with E-state index in [4.69, 9.17) is 23.8 Å². The molecule has 3 aromatic rings. The van der Waals surface area contributed by atoms with Crippen LogP contribution in [0.3, 0.4) is 0 Å². The number of hydrogen-bond donors (Lipinski definition) is 3. The number of benzene rings is 2. The average molecular weight is 524 g/mol. The molecule has 0 atom stereocenters. The number of esters is 1. The van der Waals surface area contributed by atoms with Gasteiger partial charge in [-0.2, -0.15) is 0 Å². The highest BCUT2D eigenvalue weighted by atomic mass is 35.5. The fraction of sp³-hybridized carbons (Fsp3) is 0.231. The standard InChI is InChI=1S/C26H26ClN5O3S/c1-32(15-22(33)35-2)25(34)18-13-21(27)24(28-14-18)30-31-26(36)29-23-19-9-5-3-7-16(19)11-12-17-8-4-6-10-20(17)23/h3-10,13-14,23H,11-12,15H2,1-2H3,(H,28,30)(H2,29,31,36). The largest absolute Gasteiger partial charge is 0.468 e. The summed E-state index contributed by atoms with van der Waals surface area (Å²) in [6.07, 6.45) is 3.30. The molecule has 4 rings (SSSR count). The van der Waals surface area contributed by atoms with Gasteiger partial charge in [-0.25, -0.2) is 4.98 Å². The van der Waals surface area contributed by atoms with Crippen molar-refractivity contribution in [2.75, 3.05) is 26.1 Å². The first-order chi connectivity index (χ1) is 17.4. The zero-order valence-corrected chi connectivity index (χ0v) is 21.4. The van der Waals surface area contributed by atoms with Crippen LogP contribution < -0.4 is 16.2 Å². The number of fused-ring (bicyclic) bond motifs is 2. The number of carbonyl (C=O) groups is 2. The van der Waals surface area contributed by atoms with E-state index in [-0.39, 0.29) is 23.2 Å². The van der Waals surface area contributed by atoms with Gasteiger partial charge in [0.2, 0.25) is 0 Å². The Bertz CT molecular complexity index is 1250. The van der Waals surface area contributed by atoms with Gasteiger partial charge >= 0.3 is 5.97 Å². The lowest BCUT2D eigenvalue weighted by Crippen LogP contribution is -2.41. The van der Waals surface area contributed by atoms with Crippen molar-refractivity contribution in [2.45, 2.75) is 18.9 Å². The Balaban J connectivity index is 1.44. The molecular weight excluding hydrogens is 498 g/mol. The van der Waals surface area contributed by atoms with E-state index < -0.39 is 11.9 Å². The van der Waals surface area contributed by atoms with Gasteiger partial charge in [-0.15, -0.1) is 0 Å². The van der Waals surface area contributed by atoms with Gasteiger partial charge < -0.3 is 15.0 Å². The van der Waals surface area contributed by atoms with Crippen LogP contribution >= 0.6 is 23.8 Å². The third-order valence-corrected chi connectivity index (χ3v) is 6.50. The van der Waals surface area contributed by atoms with Gasteiger partial charge in [-0.3, -0.25) is 20.4 Å². The van der Waals surface area contributed by atoms with Crippen LogP contribution in [-0.2, 0) is 22.4 Å². The van der Waals surface area contributed by atoms with E-state index in [1.165, 1.54) is 53.6 Å². The van der Waals surface area contributed by atoms with E-state index in [1.807, 2.05) is 12.1 Å². The van der Waals surface area contributed by atoms with Crippen LogP contribution in [0.1, 0.15) is 38.7 Å². The Morgan fingerprint density at radius 2 is 1.72 bits per heavy atom. The maximum absolute atomic E-state index is 12.5. The lowest BCUT2D eigenvalue weighted by molar-refractivity contribution is -0.141. The maximum atomic E-state index is 12.5. The van der Waals surface area contributed by atoms with Crippen molar-refractivity contribution in [1.29, 1.82) is 0 Å². The van der Waals surface area contributed by atoms with Gasteiger partial charge in [-0.05, 0) is 53.4 Å². The molecule has 0 spiro atoms. The zero-order valence-electron chi connectivity index (χ0n) is 19.9. The first-order valence-electron chi connectivity index (χ1n) is 11.3. The molecule has 0 saturated heterocycles. The van der Waals surface area contributed by atoms with E-state index in [2.05, 4.69) is 62.3 Å². The molecular formula is C26H26ClN5O3S. The molecule has 0 aliphatic heterocycles. The topological polar surface area (TPSA) is 95.6 Å². The van der Waals surface area contributed by atoms with E-state index in [0.29, 0.717) is 10.9 Å². The number of aryl methyl sites for hydroxylation is 2. The first kappa shape index (κ1) is 25.4. The zero-order chi connectivity index (χ0) is 25.7. The summed E-state index contributed by atoms with van der Waals surface area (Å²) in [6.45, 7) is -0.179. The van der Waals surface area contributed by atoms with Crippen LogP contribution in [0.2, 0.25) is 5.02 Å². The van der Waals surface area contributed by atoms with Crippen molar-refractivity contribution in [3.63, 3.8) is 0 Å². The minimum atomic E-state index is -0.521. The summed E-state index contributed by atoms with van der Waals surface area (Å²) in [5, 5.41) is 3.99. The summed E-state index contributed by atoms with van der Waals surface area (Å²) >= 11 is 11.9. The molecule has 0 bridgehead atoms. The minimum absolute atomic E-state index is 0.115. The molecule has 1 aromatic heterocycles. The smallest absolute Gasteiger partial charge is 0.325 e. The second kappa shape index (κ2) is 11.4. The Morgan fingerprint density at radius 1 is 1.11 bits per heavy atom.